The van der Waals surface area contributed by atoms with Crippen LogP contribution < -0.4 is 27.3 Å². The normalized spacial score (nSPS) is 12.4. The summed E-state index contributed by atoms with van der Waals surface area (Å²) in [5.41, 5.74) is 18.0. The summed E-state index contributed by atoms with van der Waals surface area (Å²) < 4.78 is 41.3. The molecule has 0 aliphatic carbocycles. The standard InChI is InChI=1S/C20H27F3N6O2S/c1-12-6-7-13(10-15(12)31-20(21,22)23)11-18(30)29-16(25)9-8-14(24)4-2-3-5-17(26)32-19(27)28/h6-10,26H,2-5,11,24-25H2,1H3,(H3,27,28)(H,29,30)/b14-8-,16-9+,26-17?. The first-order chi connectivity index (χ1) is 14.9. The lowest BCUT2D eigenvalue weighted by atomic mass is 10.1. The first kappa shape index (κ1) is 26.9. The minimum atomic E-state index is -4.82. The highest BCUT2D eigenvalue weighted by Crippen LogP contribution is 2.27. The van der Waals surface area contributed by atoms with E-state index in [0.717, 1.165) is 24.2 Å². The number of allylic oxidation sites excluding steroid dienone is 3. The number of thioether (sulfide) groups is 1. The number of alkyl halides is 3. The molecule has 176 valence electrons. The average Bonchev–Trinajstić information content (AvgIpc) is 2.64. The topological polar surface area (TPSA) is 164 Å². The maximum atomic E-state index is 12.5. The van der Waals surface area contributed by atoms with Gasteiger partial charge in [0.15, 0.2) is 5.17 Å². The van der Waals surface area contributed by atoms with Gasteiger partial charge in [0.25, 0.3) is 0 Å². The third-order valence-electron chi connectivity index (χ3n) is 3.96. The Morgan fingerprint density at radius 2 is 1.81 bits per heavy atom. The van der Waals surface area contributed by atoms with Crippen LogP contribution in [-0.2, 0) is 11.2 Å². The lowest BCUT2D eigenvalue weighted by Crippen LogP contribution is -2.28. The number of amides is 1. The van der Waals surface area contributed by atoms with Gasteiger partial charge in [-0.1, -0.05) is 12.1 Å². The minimum absolute atomic E-state index is 0.0384. The molecule has 0 atom stereocenters. The van der Waals surface area contributed by atoms with Gasteiger partial charge in [-0.3, -0.25) is 15.6 Å². The van der Waals surface area contributed by atoms with E-state index in [4.69, 9.17) is 28.0 Å². The summed E-state index contributed by atoms with van der Waals surface area (Å²) in [6, 6.07) is 4.13. The lowest BCUT2D eigenvalue weighted by Gasteiger charge is -2.13. The van der Waals surface area contributed by atoms with Crippen molar-refractivity contribution >= 4 is 27.9 Å². The van der Waals surface area contributed by atoms with Gasteiger partial charge in [-0.2, -0.15) is 0 Å². The number of amidine groups is 1. The van der Waals surface area contributed by atoms with Gasteiger partial charge in [0.1, 0.15) is 11.6 Å². The van der Waals surface area contributed by atoms with Gasteiger partial charge >= 0.3 is 6.36 Å². The number of unbranched alkanes of at least 4 members (excludes halogenated alkanes) is 1. The maximum Gasteiger partial charge on any atom is 0.573 e. The Balaban J connectivity index is 2.51. The Hall–Kier alpha value is -3.15. The molecule has 0 spiro atoms. The van der Waals surface area contributed by atoms with E-state index in [0.29, 0.717) is 41.1 Å². The highest BCUT2D eigenvalue weighted by Gasteiger charge is 2.31. The smallest absolute Gasteiger partial charge is 0.406 e. The zero-order valence-corrected chi connectivity index (χ0v) is 18.3. The Labute approximate surface area is 188 Å². The van der Waals surface area contributed by atoms with Crippen molar-refractivity contribution in [2.45, 2.75) is 45.4 Å². The Morgan fingerprint density at radius 1 is 1.16 bits per heavy atom. The zero-order chi connectivity index (χ0) is 24.3. The minimum Gasteiger partial charge on any atom is -0.406 e. The van der Waals surface area contributed by atoms with Crippen molar-refractivity contribution in [3.8, 4) is 5.75 Å². The van der Waals surface area contributed by atoms with Gasteiger partial charge in [0, 0.05) is 5.70 Å². The number of benzene rings is 1. The molecule has 8 nitrogen and oxygen atoms in total. The fourth-order valence-electron chi connectivity index (χ4n) is 2.50. The second-order valence-corrected chi connectivity index (χ2v) is 7.97. The summed E-state index contributed by atoms with van der Waals surface area (Å²) in [6.45, 7) is 1.47. The number of hydrogen-bond acceptors (Lipinski definition) is 7. The number of carbonyl (C=O) groups excluding carboxylic acids is 1. The molecule has 0 aliphatic heterocycles. The Morgan fingerprint density at radius 3 is 2.44 bits per heavy atom. The summed E-state index contributed by atoms with van der Waals surface area (Å²) in [6.07, 6.45) is 0.452. The predicted octanol–water partition coefficient (Wildman–Crippen LogP) is 3.36. The van der Waals surface area contributed by atoms with Crippen molar-refractivity contribution < 1.29 is 22.7 Å². The van der Waals surface area contributed by atoms with Crippen molar-refractivity contribution in [1.29, 1.82) is 10.8 Å². The van der Waals surface area contributed by atoms with E-state index < -0.39 is 12.3 Å². The molecule has 0 heterocycles. The molecule has 0 aliphatic rings. The molecule has 0 fully saturated rings. The molecule has 0 saturated carbocycles. The van der Waals surface area contributed by atoms with Crippen LogP contribution in [0.1, 0.15) is 36.8 Å². The van der Waals surface area contributed by atoms with Crippen LogP contribution in [0.5, 0.6) is 5.75 Å². The van der Waals surface area contributed by atoms with E-state index in [9.17, 15) is 18.0 Å². The molecular weight excluding hydrogens is 445 g/mol. The number of ether oxygens (including phenoxy) is 1. The van der Waals surface area contributed by atoms with Crippen molar-refractivity contribution in [3.63, 3.8) is 0 Å². The first-order valence-electron chi connectivity index (χ1n) is 9.52. The summed E-state index contributed by atoms with van der Waals surface area (Å²) in [4.78, 5) is 12.1. The number of hydrogen-bond donors (Lipinski definition) is 6. The predicted molar refractivity (Wildman–Crippen MR) is 120 cm³/mol. The van der Waals surface area contributed by atoms with Crippen molar-refractivity contribution in [3.05, 3.63) is 53.0 Å². The molecule has 1 aromatic carbocycles. The second-order valence-electron chi connectivity index (χ2n) is 6.83. The summed E-state index contributed by atoms with van der Waals surface area (Å²) >= 11 is 0.913. The molecule has 1 amide bonds. The first-order valence-corrected chi connectivity index (χ1v) is 10.3. The molecule has 1 aromatic rings. The molecule has 12 heteroatoms. The Kier molecular flexibility index (Phi) is 10.6. The van der Waals surface area contributed by atoms with Crippen LogP contribution in [0.25, 0.3) is 0 Å². The number of rotatable bonds is 10. The quantitative estimate of drug-likeness (QED) is 0.132. The van der Waals surface area contributed by atoms with Crippen LogP contribution in [0, 0.1) is 17.7 Å². The van der Waals surface area contributed by atoms with E-state index in [1.54, 1.807) is 6.08 Å². The highest BCUT2D eigenvalue weighted by atomic mass is 32.2. The fraction of sp³-hybridized carbons (Fsp3) is 0.350. The van der Waals surface area contributed by atoms with E-state index in [1.807, 2.05) is 0 Å². The van der Waals surface area contributed by atoms with Crippen molar-refractivity contribution in [2.24, 2.45) is 17.2 Å². The molecule has 0 radical (unpaired) electrons. The number of halogens is 3. The average molecular weight is 473 g/mol. The third kappa shape index (κ3) is 11.9. The van der Waals surface area contributed by atoms with E-state index >= 15 is 0 Å². The SMILES string of the molecule is Cc1ccc(CC(=O)N/C(N)=C/C=C(\N)CCCCC(=N)SC(=N)N)cc1OC(F)(F)F. The van der Waals surface area contributed by atoms with Crippen LogP contribution >= 0.6 is 11.8 Å². The molecule has 0 unspecified atom stereocenters. The lowest BCUT2D eigenvalue weighted by molar-refractivity contribution is -0.274. The summed E-state index contributed by atoms with van der Waals surface area (Å²) in [7, 11) is 0. The van der Waals surface area contributed by atoms with E-state index in [-0.39, 0.29) is 23.2 Å². The van der Waals surface area contributed by atoms with Crippen LogP contribution in [0.2, 0.25) is 0 Å². The monoisotopic (exact) mass is 472 g/mol. The maximum absolute atomic E-state index is 12.5. The molecule has 0 saturated heterocycles. The van der Waals surface area contributed by atoms with Gasteiger partial charge in [-0.25, -0.2) is 0 Å². The number of carbonyl (C=O) groups is 1. The summed E-state index contributed by atoms with van der Waals surface area (Å²) in [5, 5.41) is 17.4. The second kappa shape index (κ2) is 12.6. The fourth-order valence-corrected chi connectivity index (χ4v) is 3.01. The van der Waals surface area contributed by atoms with Crippen LogP contribution in [-0.4, -0.2) is 22.5 Å². The van der Waals surface area contributed by atoms with Gasteiger partial charge in [0.05, 0.1) is 11.5 Å². The molecule has 9 N–H and O–H groups in total. The van der Waals surface area contributed by atoms with Crippen molar-refractivity contribution in [1.82, 2.24) is 5.32 Å². The van der Waals surface area contributed by atoms with Crippen LogP contribution in [0.3, 0.4) is 0 Å². The van der Waals surface area contributed by atoms with E-state index in [2.05, 4.69) is 10.1 Å². The van der Waals surface area contributed by atoms with Crippen LogP contribution in [0.4, 0.5) is 13.2 Å². The Bertz CT molecular complexity index is 900. The van der Waals surface area contributed by atoms with Gasteiger partial charge in [-0.15, -0.1) is 13.2 Å². The largest absolute Gasteiger partial charge is 0.573 e. The van der Waals surface area contributed by atoms with Crippen LogP contribution in [0.15, 0.2) is 41.9 Å². The molecule has 1 rings (SSSR count). The molecular formula is C20H27F3N6O2S. The number of nitrogens with two attached hydrogens (primary N) is 3. The number of nitrogens with one attached hydrogen (secondary N) is 3. The molecule has 0 aromatic heterocycles. The highest BCUT2D eigenvalue weighted by molar-refractivity contribution is 8.26. The zero-order valence-electron chi connectivity index (χ0n) is 17.5. The van der Waals surface area contributed by atoms with Gasteiger partial charge in [-0.05, 0) is 73.7 Å². The molecule has 32 heavy (non-hydrogen) atoms. The molecule has 0 bridgehead atoms. The van der Waals surface area contributed by atoms with Gasteiger partial charge in [0.2, 0.25) is 5.91 Å². The number of aryl methyl sites for hydroxylation is 1. The summed E-state index contributed by atoms with van der Waals surface area (Å²) in [5.74, 6) is -0.831. The van der Waals surface area contributed by atoms with Gasteiger partial charge < -0.3 is 27.3 Å². The van der Waals surface area contributed by atoms with Crippen molar-refractivity contribution in [2.75, 3.05) is 0 Å². The van der Waals surface area contributed by atoms with E-state index in [1.165, 1.54) is 25.1 Å². The third-order valence-corrected chi connectivity index (χ3v) is 4.63.